The molecule has 2 amide bonds. The molecule has 0 spiro atoms. The molecule has 0 aliphatic carbocycles. The van der Waals surface area contributed by atoms with Gasteiger partial charge in [0.1, 0.15) is 5.76 Å². The number of Topliss-reactive ketones (excluding diaryl/α,β-unsaturated/α-hetero) is 1. The lowest BCUT2D eigenvalue weighted by molar-refractivity contribution is -0.137. The Hall–Kier alpha value is -3.66. The van der Waals surface area contributed by atoms with Crippen molar-refractivity contribution in [1.82, 2.24) is 10.3 Å². The minimum Gasteiger partial charge on any atom is -0.441 e. The number of ketones is 1. The van der Waals surface area contributed by atoms with Gasteiger partial charge in [0.25, 0.3) is 11.1 Å². The molecule has 1 aliphatic rings. The lowest BCUT2D eigenvalue weighted by atomic mass is 10.0. The van der Waals surface area contributed by atoms with Gasteiger partial charge in [-0.3, -0.25) is 19.7 Å². The molecule has 0 radical (unpaired) electrons. The third kappa shape index (κ3) is 5.28. The Labute approximate surface area is 196 Å². The van der Waals surface area contributed by atoms with Crippen LogP contribution in [0, 0.1) is 6.92 Å². The highest BCUT2D eigenvalue weighted by Crippen LogP contribution is 2.31. The van der Waals surface area contributed by atoms with Crippen LogP contribution in [0.5, 0.6) is 0 Å². The van der Waals surface area contributed by atoms with Crippen LogP contribution in [0.25, 0.3) is 17.5 Å². The van der Waals surface area contributed by atoms with Crippen molar-refractivity contribution < 1.29 is 32.0 Å². The lowest BCUT2D eigenvalue weighted by Gasteiger charge is -2.06. The molecule has 0 atom stereocenters. The fourth-order valence-electron chi connectivity index (χ4n) is 3.30. The van der Waals surface area contributed by atoms with Crippen LogP contribution in [0.4, 0.5) is 18.0 Å². The number of amides is 2. The van der Waals surface area contributed by atoms with Crippen molar-refractivity contribution in [3.05, 3.63) is 81.6 Å². The highest BCUT2D eigenvalue weighted by Gasteiger charge is 2.30. The number of alkyl halides is 3. The van der Waals surface area contributed by atoms with Crippen molar-refractivity contribution in [2.24, 2.45) is 0 Å². The predicted molar refractivity (Wildman–Crippen MR) is 120 cm³/mol. The summed E-state index contributed by atoms with van der Waals surface area (Å²) in [5, 5.41) is 1.75. The minimum absolute atomic E-state index is 0.124. The monoisotopic (exact) mass is 486 g/mol. The summed E-state index contributed by atoms with van der Waals surface area (Å²) >= 11 is 0.817. The van der Waals surface area contributed by atoms with Crippen molar-refractivity contribution in [3.8, 4) is 11.5 Å². The van der Waals surface area contributed by atoms with Crippen LogP contribution in [0.3, 0.4) is 0 Å². The van der Waals surface area contributed by atoms with Gasteiger partial charge < -0.3 is 4.42 Å². The van der Waals surface area contributed by atoms with Crippen LogP contribution < -0.4 is 5.32 Å². The highest BCUT2D eigenvalue weighted by atomic mass is 32.2. The molecule has 4 rings (SSSR count). The topological polar surface area (TPSA) is 89.3 Å². The van der Waals surface area contributed by atoms with Crippen LogP contribution >= 0.6 is 11.8 Å². The summed E-state index contributed by atoms with van der Waals surface area (Å²) in [4.78, 5) is 40.1. The summed E-state index contributed by atoms with van der Waals surface area (Å²) in [6.07, 6.45) is -2.39. The number of halogens is 3. The van der Waals surface area contributed by atoms with Crippen molar-refractivity contribution in [2.45, 2.75) is 25.9 Å². The van der Waals surface area contributed by atoms with Crippen LogP contribution in [-0.4, -0.2) is 21.9 Å². The summed E-state index contributed by atoms with van der Waals surface area (Å²) in [5.41, 5.74) is 1.36. The number of benzene rings is 2. The maximum absolute atomic E-state index is 12.7. The largest absolute Gasteiger partial charge is 0.441 e. The molecule has 2 heterocycles. The first-order valence-electron chi connectivity index (χ1n) is 10.1. The van der Waals surface area contributed by atoms with Gasteiger partial charge in [0.15, 0.2) is 5.78 Å². The van der Waals surface area contributed by atoms with E-state index in [9.17, 15) is 27.6 Å². The number of imide groups is 1. The van der Waals surface area contributed by atoms with Crippen molar-refractivity contribution in [2.75, 3.05) is 0 Å². The third-order valence-electron chi connectivity index (χ3n) is 5.11. The van der Waals surface area contributed by atoms with E-state index in [1.165, 1.54) is 12.1 Å². The molecule has 1 fully saturated rings. The average Bonchev–Trinajstić information content (AvgIpc) is 3.32. The fraction of sp³-hybridized carbons (Fsp3) is 0.167. The maximum Gasteiger partial charge on any atom is 0.416 e. The van der Waals surface area contributed by atoms with Gasteiger partial charge in [0, 0.05) is 24.0 Å². The zero-order valence-electron chi connectivity index (χ0n) is 17.7. The van der Waals surface area contributed by atoms with Gasteiger partial charge in [-0.1, -0.05) is 24.3 Å². The van der Waals surface area contributed by atoms with E-state index < -0.39 is 22.9 Å². The number of oxazole rings is 1. The number of carbonyl (C=O) groups excluding carboxylic acids is 3. The quantitative estimate of drug-likeness (QED) is 0.350. The normalized spacial score (nSPS) is 15.1. The van der Waals surface area contributed by atoms with E-state index in [0.717, 1.165) is 23.9 Å². The van der Waals surface area contributed by atoms with Gasteiger partial charge in [0.05, 0.1) is 16.2 Å². The molecular weight excluding hydrogens is 469 g/mol. The van der Waals surface area contributed by atoms with Crippen LogP contribution in [0.2, 0.25) is 0 Å². The molecule has 1 aliphatic heterocycles. The number of nitrogens with zero attached hydrogens (tertiary/aromatic N) is 1. The summed E-state index contributed by atoms with van der Waals surface area (Å²) in [6.45, 7) is 1.69. The molecule has 1 saturated heterocycles. The second kappa shape index (κ2) is 9.30. The molecular formula is C24H17F3N2O4S. The first-order chi connectivity index (χ1) is 16.1. The van der Waals surface area contributed by atoms with E-state index in [0.29, 0.717) is 34.6 Å². The number of aryl methyl sites for hydroxylation is 2. The first kappa shape index (κ1) is 23.5. The van der Waals surface area contributed by atoms with Gasteiger partial charge in [0.2, 0.25) is 5.89 Å². The second-order valence-corrected chi connectivity index (χ2v) is 8.51. The second-order valence-electron chi connectivity index (χ2n) is 7.49. The van der Waals surface area contributed by atoms with Gasteiger partial charge in [-0.05, 0) is 54.6 Å². The van der Waals surface area contributed by atoms with Crippen molar-refractivity contribution >= 4 is 34.8 Å². The van der Waals surface area contributed by atoms with Crippen molar-refractivity contribution in [1.29, 1.82) is 0 Å². The Morgan fingerprint density at radius 2 is 1.76 bits per heavy atom. The fourth-order valence-corrected chi connectivity index (χ4v) is 3.98. The van der Waals surface area contributed by atoms with Crippen LogP contribution in [-0.2, 0) is 17.4 Å². The van der Waals surface area contributed by atoms with E-state index in [1.54, 1.807) is 37.3 Å². The molecule has 0 bridgehead atoms. The van der Waals surface area contributed by atoms with E-state index in [4.69, 9.17) is 4.42 Å². The Kier molecular flexibility index (Phi) is 6.43. The van der Waals surface area contributed by atoms with Gasteiger partial charge in [-0.25, -0.2) is 4.98 Å². The van der Waals surface area contributed by atoms with E-state index in [2.05, 4.69) is 10.3 Å². The molecule has 1 aromatic heterocycles. The molecule has 1 N–H and O–H groups in total. The van der Waals surface area contributed by atoms with Crippen LogP contribution in [0.15, 0.2) is 57.9 Å². The number of rotatable bonds is 6. The SMILES string of the molecule is Cc1oc(-c2ccc(C(F)(F)F)cc2)nc1CCC(=O)c1ccc(/C=C2/SC(=O)NC2=O)cc1. The Bertz CT molecular complexity index is 1290. The van der Waals surface area contributed by atoms with Crippen LogP contribution in [0.1, 0.15) is 39.4 Å². The zero-order valence-corrected chi connectivity index (χ0v) is 18.5. The number of carbonyl (C=O) groups is 3. The summed E-state index contributed by atoms with van der Waals surface area (Å²) in [6, 6.07) is 11.2. The van der Waals surface area contributed by atoms with E-state index in [-0.39, 0.29) is 23.0 Å². The molecule has 2 aromatic carbocycles. The Morgan fingerprint density at radius 1 is 1.09 bits per heavy atom. The highest BCUT2D eigenvalue weighted by molar-refractivity contribution is 8.18. The lowest BCUT2D eigenvalue weighted by Crippen LogP contribution is -2.17. The molecule has 174 valence electrons. The van der Waals surface area contributed by atoms with Gasteiger partial charge in [-0.15, -0.1) is 0 Å². The van der Waals surface area contributed by atoms with E-state index >= 15 is 0 Å². The smallest absolute Gasteiger partial charge is 0.416 e. The number of hydrogen-bond donors (Lipinski definition) is 1. The zero-order chi connectivity index (χ0) is 24.5. The molecule has 6 nitrogen and oxygen atoms in total. The molecule has 10 heteroatoms. The van der Waals surface area contributed by atoms with Gasteiger partial charge in [-0.2, -0.15) is 13.2 Å². The summed E-state index contributed by atoms with van der Waals surface area (Å²) < 4.78 is 43.8. The first-order valence-corrected chi connectivity index (χ1v) is 10.9. The summed E-state index contributed by atoms with van der Waals surface area (Å²) in [7, 11) is 0. The Morgan fingerprint density at radius 3 is 2.35 bits per heavy atom. The molecule has 0 unspecified atom stereocenters. The molecule has 34 heavy (non-hydrogen) atoms. The average molecular weight is 486 g/mol. The molecule has 3 aromatic rings. The maximum atomic E-state index is 12.7. The Balaban J connectivity index is 1.39. The number of thioether (sulfide) groups is 1. The van der Waals surface area contributed by atoms with Gasteiger partial charge >= 0.3 is 6.18 Å². The summed E-state index contributed by atoms with van der Waals surface area (Å²) in [5.74, 6) is 0.111. The number of aromatic nitrogens is 1. The predicted octanol–water partition coefficient (Wildman–Crippen LogP) is 5.81. The standard InChI is InChI=1S/C24H17F3N2O4S/c1-13-18(28-22(33-13)16-6-8-17(9-7-16)24(25,26)27)10-11-19(30)15-4-2-14(3-5-15)12-20-21(31)29-23(32)34-20/h2-9,12H,10-11H2,1H3,(H,29,31,32)/b20-12+. The third-order valence-corrected chi connectivity index (χ3v) is 5.92. The molecule has 0 saturated carbocycles. The van der Waals surface area contributed by atoms with E-state index in [1.807, 2.05) is 0 Å². The number of nitrogens with one attached hydrogen (secondary N) is 1. The number of hydrogen-bond acceptors (Lipinski definition) is 6. The van der Waals surface area contributed by atoms with Crippen molar-refractivity contribution in [3.63, 3.8) is 0 Å². The minimum atomic E-state index is -4.42.